The number of rotatable bonds is 2. The first-order valence-electron chi connectivity index (χ1n) is 4.80. The molecule has 0 radical (unpaired) electrons. The number of nitro groups is 1. The number of nitrogens with zero attached hydrogens (tertiary/aromatic N) is 5. The predicted molar refractivity (Wildman–Crippen MR) is 65.3 cm³/mol. The summed E-state index contributed by atoms with van der Waals surface area (Å²) in [6.07, 6.45) is 1.13. The fourth-order valence-corrected chi connectivity index (χ4v) is 1.81. The summed E-state index contributed by atoms with van der Waals surface area (Å²) >= 11 is 11.7. The van der Waals surface area contributed by atoms with E-state index < -0.39 is 10.6 Å². The molecule has 2 rings (SSSR count). The number of aromatic nitrogens is 4. The largest absolute Gasteiger partial charge is 0.350 e. The zero-order valence-corrected chi connectivity index (χ0v) is 10.9. The summed E-state index contributed by atoms with van der Waals surface area (Å²) in [5.41, 5.74) is 0.701. The predicted octanol–water partition coefficient (Wildman–Crippen LogP) is 2.49. The third-order valence-corrected chi connectivity index (χ3v) is 3.17. The van der Waals surface area contributed by atoms with Crippen LogP contribution in [0.5, 0.6) is 0 Å². The fraction of sp³-hybridized carbons (Fsp3) is 0.222. The first kappa shape index (κ1) is 12.7. The molecule has 0 bridgehead atoms. The molecule has 0 N–H and O–H groups in total. The van der Waals surface area contributed by atoms with Gasteiger partial charge in [0.15, 0.2) is 0 Å². The van der Waals surface area contributed by atoms with E-state index in [-0.39, 0.29) is 11.0 Å². The minimum atomic E-state index is -0.651. The summed E-state index contributed by atoms with van der Waals surface area (Å²) in [6, 6.07) is 0. The van der Waals surface area contributed by atoms with Crippen LogP contribution in [0.3, 0.4) is 0 Å². The molecule has 0 saturated carbocycles. The molecule has 0 unspecified atom stereocenters. The zero-order valence-electron chi connectivity index (χ0n) is 9.39. The van der Waals surface area contributed by atoms with Crippen LogP contribution < -0.4 is 0 Å². The summed E-state index contributed by atoms with van der Waals surface area (Å²) < 4.78 is 1.28. The Morgan fingerprint density at radius 3 is 2.50 bits per heavy atom. The highest BCUT2D eigenvalue weighted by Crippen LogP contribution is 2.30. The third kappa shape index (κ3) is 1.91. The number of halogens is 2. The van der Waals surface area contributed by atoms with Gasteiger partial charge in [0.25, 0.3) is 0 Å². The lowest BCUT2D eigenvalue weighted by molar-refractivity contribution is -0.385. The van der Waals surface area contributed by atoms with Gasteiger partial charge in [-0.1, -0.05) is 23.2 Å². The van der Waals surface area contributed by atoms with Crippen molar-refractivity contribution in [3.63, 3.8) is 0 Å². The third-order valence-electron chi connectivity index (χ3n) is 2.34. The van der Waals surface area contributed by atoms with E-state index >= 15 is 0 Å². The van der Waals surface area contributed by atoms with Crippen LogP contribution in [0.2, 0.25) is 10.2 Å². The molecule has 0 aliphatic carbocycles. The van der Waals surface area contributed by atoms with Crippen molar-refractivity contribution in [1.82, 2.24) is 19.7 Å². The smallest absolute Gasteiger partial charge is 0.258 e. The molecule has 0 amide bonds. The first-order valence-corrected chi connectivity index (χ1v) is 5.56. The summed E-state index contributed by atoms with van der Waals surface area (Å²) in [6.45, 7) is 3.38. The highest BCUT2D eigenvalue weighted by atomic mass is 35.5. The highest BCUT2D eigenvalue weighted by molar-refractivity contribution is 6.32. The van der Waals surface area contributed by atoms with Gasteiger partial charge in [-0.15, -0.1) is 0 Å². The van der Waals surface area contributed by atoms with Crippen LogP contribution in [0.25, 0.3) is 5.82 Å². The lowest BCUT2D eigenvalue weighted by Crippen LogP contribution is -2.07. The first-order chi connectivity index (χ1) is 8.43. The maximum absolute atomic E-state index is 11.0. The molecule has 2 heterocycles. The molecule has 94 valence electrons. The van der Waals surface area contributed by atoms with Gasteiger partial charge in [-0.3, -0.25) is 10.1 Å². The molecule has 0 spiro atoms. The maximum atomic E-state index is 11.0. The molecule has 0 atom stereocenters. The van der Waals surface area contributed by atoms with Crippen molar-refractivity contribution in [2.24, 2.45) is 0 Å². The Labute approximate surface area is 112 Å². The average molecular weight is 288 g/mol. The van der Waals surface area contributed by atoms with Crippen molar-refractivity contribution in [2.45, 2.75) is 13.8 Å². The second-order valence-corrected chi connectivity index (χ2v) is 4.23. The van der Waals surface area contributed by atoms with Crippen LogP contribution in [0.4, 0.5) is 5.69 Å². The van der Waals surface area contributed by atoms with E-state index in [0.717, 1.165) is 6.33 Å². The van der Waals surface area contributed by atoms with E-state index in [4.69, 9.17) is 23.2 Å². The molecule has 0 saturated heterocycles. The summed E-state index contributed by atoms with van der Waals surface area (Å²) in [4.78, 5) is 17.8. The topological polar surface area (TPSA) is 86.7 Å². The molecule has 0 fully saturated rings. The Kier molecular flexibility index (Phi) is 3.18. The number of aryl methyl sites for hydroxylation is 1. The Morgan fingerprint density at radius 2 is 2.00 bits per heavy atom. The minimum Gasteiger partial charge on any atom is -0.258 e. The van der Waals surface area contributed by atoms with Crippen molar-refractivity contribution in [1.29, 1.82) is 0 Å². The summed E-state index contributed by atoms with van der Waals surface area (Å²) in [7, 11) is 0. The Morgan fingerprint density at radius 1 is 1.33 bits per heavy atom. The van der Waals surface area contributed by atoms with Gasteiger partial charge in [-0.25, -0.2) is 14.6 Å². The number of hydrogen-bond acceptors (Lipinski definition) is 5. The quantitative estimate of drug-likeness (QED) is 0.481. The molecular weight excluding hydrogens is 281 g/mol. The summed E-state index contributed by atoms with van der Waals surface area (Å²) in [5.74, 6) is -0.00694. The van der Waals surface area contributed by atoms with Crippen molar-refractivity contribution in [2.75, 3.05) is 0 Å². The molecule has 0 aliphatic heterocycles. The van der Waals surface area contributed by atoms with Gasteiger partial charge in [0.2, 0.25) is 11.0 Å². The van der Waals surface area contributed by atoms with Crippen LogP contribution >= 0.6 is 23.2 Å². The molecule has 18 heavy (non-hydrogen) atoms. The molecule has 0 aliphatic rings. The van der Waals surface area contributed by atoms with Crippen molar-refractivity contribution in [3.05, 3.63) is 38.0 Å². The Hall–Kier alpha value is -1.73. The van der Waals surface area contributed by atoms with Gasteiger partial charge >= 0.3 is 5.69 Å². The molecule has 7 nitrogen and oxygen atoms in total. The van der Waals surface area contributed by atoms with Gasteiger partial charge < -0.3 is 0 Å². The van der Waals surface area contributed by atoms with Gasteiger partial charge in [0.05, 0.1) is 21.3 Å². The maximum Gasteiger partial charge on any atom is 0.350 e. The van der Waals surface area contributed by atoms with Gasteiger partial charge in [-0.2, -0.15) is 5.10 Å². The lowest BCUT2D eigenvalue weighted by atomic mass is 10.4. The van der Waals surface area contributed by atoms with E-state index in [2.05, 4.69) is 15.1 Å². The van der Waals surface area contributed by atoms with Crippen LogP contribution in [0, 0.1) is 24.0 Å². The molecular formula is C9H7Cl2N5O2. The normalized spacial score (nSPS) is 10.7. The van der Waals surface area contributed by atoms with E-state index in [1.807, 2.05) is 0 Å². The summed E-state index contributed by atoms with van der Waals surface area (Å²) in [5, 5.41) is 15.3. The van der Waals surface area contributed by atoms with Crippen molar-refractivity contribution < 1.29 is 4.92 Å². The second-order valence-electron chi connectivity index (χ2n) is 3.49. The minimum absolute atomic E-state index is 0.00694. The molecule has 2 aromatic heterocycles. The van der Waals surface area contributed by atoms with E-state index in [1.165, 1.54) is 4.68 Å². The second kappa shape index (κ2) is 4.51. The van der Waals surface area contributed by atoms with Crippen LogP contribution in [0.1, 0.15) is 11.4 Å². The zero-order chi connectivity index (χ0) is 13.4. The van der Waals surface area contributed by atoms with E-state index in [1.54, 1.807) is 13.8 Å². The van der Waals surface area contributed by atoms with Gasteiger partial charge in [-0.05, 0) is 13.8 Å². The highest BCUT2D eigenvalue weighted by Gasteiger charge is 2.25. The lowest BCUT2D eigenvalue weighted by Gasteiger charge is -2.04. The monoisotopic (exact) mass is 287 g/mol. The molecule has 2 aromatic rings. The van der Waals surface area contributed by atoms with Gasteiger partial charge in [0, 0.05) is 0 Å². The van der Waals surface area contributed by atoms with Crippen LogP contribution in [-0.2, 0) is 0 Å². The van der Waals surface area contributed by atoms with E-state index in [9.17, 15) is 10.1 Å². The van der Waals surface area contributed by atoms with Crippen LogP contribution in [0.15, 0.2) is 6.33 Å². The van der Waals surface area contributed by atoms with E-state index in [0.29, 0.717) is 16.4 Å². The number of hydrogen-bond donors (Lipinski definition) is 0. The Balaban J connectivity index is 2.75. The standard InChI is InChI=1S/C9H7Cl2N5O2/c1-4-6(10)5(2)15(14-4)9-7(16(17)18)8(11)12-3-13-9/h3H,1-2H3. The average Bonchev–Trinajstić information content (AvgIpc) is 2.56. The molecule has 0 aromatic carbocycles. The van der Waals surface area contributed by atoms with Crippen LogP contribution in [-0.4, -0.2) is 24.7 Å². The Bertz CT molecular complexity index is 640. The van der Waals surface area contributed by atoms with Crippen molar-refractivity contribution in [3.8, 4) is 5.82 Å². The fourth-order valence-electron chi connectivity index (χ4n) is 1.49. The SMILES string of the molecule is Cc1nn(-c2ncnc(Cl)c2[N+](=O)[O-])c(C)c1Cl. The van der Waals surface area contributed by atoms with Crippen molar-refractivity contribution >= 4 is 28.9 Å². The van der Waals surface area contributed by atoms with Gasteiger partial charge in [0.1, 0.15) is 6.33 Å². The molecule has 9 heteroatoms.